The lowest BCUT2D eigenvalue weighted by Crippen LogP contribution is -2.26. The fourth-order valence-electron chi connectivity index (χ4n) is 3.16. The number of carbonyl (C=O) groups excluding carboxylic acids is 1. The van der Waals surface area contributed by atoms with Gasteiger partial charge in [-0.15, -0.1) is 0 Å². The van der Waals surface area contributed by atoms with E-state index in [1.165, 1.54) is 0 Å². The minimum Gasteiger partial charge on any atom is -0.352 e. The first-order valence-electron chi connectivity index (χ1n) is 10.2. The molecule has 7 heteroatoms. The van der Waals surface area contributed by atoms with Gasteiger partial charge in [-0.3, -0.25) is 4.79 Å². The summed E-state index contributed by atoms with van der Waals surface area (Å²) in [5.41, 5.74) is 3.05. The van der Waals surface area contributed by atoms with Crippen LogP contribution in [0.15, 0.2) is 71.5 Å². The molecule has 2 heterocycles. The number of nitrogens with one attached hydrogen (secondary N) is 1. The summed E-state index contributed by atoms with van der Waals surface area (Å²) < 4.78 is 7.25. The maximum absolute atomic E-state index is 12.8. The van der Waals surface area contributed by atoms with E-state index in [1.807, 2.05) is 80.2 Å². The molecule has 1 amide bonds. The van der Waals surface area contributed by atoms with E-state index in [-0.39, 0.29) is 11.3 Å². The third-order valence-electron chi connectivity index (χ3n) is 4.90. The lowest BCUT2D eigenvalue weighted by Gasteiger charge is -2.11. The molecule has 4 aromatic rings. The maximum atomic E-state index is 12.8. The predicted molar refractivity (Wildman–Crippen MR) is 118 cm³/mol. The Morgan fingerprint density at radius 1 is 1.06 bits per heavy atom. The molecule has 2 aromatic heterocycles. The number of carbonyl (C=O) groups is 1. The topological polar surface area (TPSA) is 85.8 Å². The molecule has 0 saturated carbocycles. The average molecular weight is 415 g/mol. The number of hydrogen-bond acceptors (Lipinski definition) is 5. The molecular formula is C24H25N5O2. The molecule has 0 saturated heterocycles. The first-order chi connectivity index (χ1) is 14.9. The van der Waals surface area contributed by atoms with Gasteiger partial charge < -0.3 is 9.84 Å². The Kier molecular flexibility index (Phi) is 5.66. The van der Waals surface area contributed by atoms with Gasteiger partial charge in [-0.1, -0.05) is 50.2 Å². The van der Waals surface area contributed by atoms with Crippen molar-refractivity contribution in [1.82, 2.24) is 25.2 Å². The van der Waals surface area contributed by atoms with Gasteiger partial charge in [-0.25, -0.2) is 4.68 Å². The molecule has 0 unspecified atom stereocenters. The van der Waals surface area contributed by atoms with E-state index >= 15 is 0 Å². The number of rotatable bonds is 6. The minimum atomic E-state index is -0.230. The van der Waals surface area contributed by atoms with Gasteiger partial charge in [0.05, 0.1) is 16.8 Å². The standard InChI is InChI=1S/C24H25N5O2/c1-24(2,3)23-27-22(31-28-23)20-8-5-4-7-19(20)21(30)25-15-13-17-9-11-18(12-10-17)29-16-6-14-26-29/h4-12,14,16H,13,15H2,1-3H3,(H,25,30). The van der Waals surface area contributed by atoms with Gasteiger partial charge >= 0.3 is 0 Å². The third kappa shape index (κ3) is 4.71. The van der Waals surface area contributed by atoms with Crippen LogP contribution in [0.1, 0.15) is 42.5 Å². The summed E-state index contributed by atoms with van der Waals surface area (Å²) in [5.74, 6) is 0.792. The molecule has 2 aromatic carbocycles. The lowest BCUT2D eigenvalue weighted by molar-refractivity contribution is 0.0954. The van der Waals surface area contributed by atoms with Crippen LogP contribution in [-0.4, -0.2) is 32.4 Å². The summed E-state index contributed by atoms with van der Waals surface area (Å²) in [6.45, 7) is 6.57. The Bertz CT molecular complexity index is 1160. The van der Waals surface area contributed by atoms with Crippen LogP contribution in [0.25, 0.3) is 17.1 Å². The second-order valence-corrected chi connectivity index (χ2v) is 8.34. The van der Waals surface area contributed by atoms with Crippen LogP contribution in [0.3, 0.4) is 0 Å². The number of benzene rings is 2. The van der Waals surface area contributed by atoms with E-state index in [0.717, 1.165) is 17.7 Å². The normalized spacial score (nSPS) is 11.5. The van der Waals surface area contributed by atoms with Crippen LogP contribution in [0, 0.1) is 0 Å². The highest BCUT2D eigenvalue weighted by Gasteiger charge is 2.23. The number of hydrogen-bond donors (Lipinski definition) is 1. The number of amides is 1. The molecule has 7 nitrogen and oxygen atoms in total. The highest BCUT2D eigenvalue weighted by molar-refractivity contribution is 5.99. The zero-order valence-corrected chi connectivity index (χ0v) is 17.9. The first-order valence-corrected chi connectivity index (χ1v) is 10.2. The smallest absolute Gasteiger partial charge is 0.258 e. The second kappa shape index (κ2) is 8.55. The summed E-state index contributed by atoms with van der Waals surface area (Å²) in [6, 6.07) is 17.3. The van der Waals surface area contributed by atoms with Crippen LogP contribution in [0.5, 0.6) is 0 Å². The van der Waals surface area contributed by atoms with Gasteiger partial charge in [-0.2, -0.15) is 10.1 Å². The van der Waals surface area contributed by atoms with Crippen molar-refractivity contribution < 1.29 is 9.32 Å². The number of aromatic nitrogens is 4. The molecule has 0 fully saturated rings. The molecule has 0 bridgehead atoms. The molecule has 158 valence electrons. The van der Waals surface area contributed by atoms with Crippen LogP contribution < -0.4 is 5.32 Å². The van der Waals surface area contributed by atoms with Crippen LogP contribution in [-0.2, 0) is 11.8 Å². The summed E-state index contributed by atoms with van der Waals surface area (Å²) in [7, 11) is 0. The van der Waals surface area contributed by atoms with Gasteiger partial charge in [-0.05, 0) is 42.3 Å². The van der Waals surface area contributed by atoms with Crippen molar-refractivity contribution in [1.29, 1.82) is 0 Å². The molecule has 4 rings (SSSR count). The van der Waals surface area contributed by atoms with Crippen molar-refractivity contribution >= 4 is 5.91 Å². The summed E-state index contributed by atoms with van der Waals surface area (Å²) in [6.07, 6.45) is 4.38. The first kappa shape index (κ1) is 20.5. The molecule has 1 N–H and O–H groups in total. The van der Waals surface area contributed by atoms with E-state index in [1.54, 1.807) is 12.3 Å². The van der Waals surface area contributed by atoms with Crippen LogP contribution >= 0.6 is 0 Å². The molecule has 0 aliphatic carbocycles. The summed E-state index contributed by atoms with van der Waals surface area (Å²) >= 11 is 0. The Labute approximate surface area is 181 Å². The highest BCUT2D eigenvalue weighted by Crippen LogP contribution is 2.26. The van der Waals surface area contributed by atoms with Gasteiger partial charge in [0, 0.05) is 24.4 Å². The van der Waals surface area contributed by atoms with Crippen molar-refractivity contribution in [3.05, 3.63) is 83.9 Å². The van der Waals surface area contributed by atoms with Crippen LogP contribution in [0.2, 0.25) is 0 Å². The zero-order chi connectivity index (χ0) is 21.8. The second-order valence-electron chi connectivity index (χ2n) is 8.34. The van der Waals surface area contributed by atoms with Crippen LogP contribution in [0.4, 0.5) is 0 Å². The monoisotopic (exact) mass is 415 g/mol. The average Bonchev–Trinajstić information content (AvgIpc) is 3.46. The van der Waals surface area contributed by atoms with Gasteiger partial charge in [0.15, 0.2) is 5.82 Å². The molecule has 0 atom stereocenters. The third-order valence-corrected chi connectivity index (χ3v) is 4.90. The molecule has 31 heavy (non-hydrogen) atoms. The number of nitrogens with zero attached hydrogens (tertiary/aromatic N) is 4. The lowest BCUT2D eigenvalue weighted by atomic mass is 9.96. The van der Waals surface area contributed by atoms with Gasteiger partial charge in [0.25, 0.3) is 11.8 Å². The largest absolute Gasteiger partial charge is 0.352 e. The predicted octanol–water partition coefficient (Wildman–Crippen LogP) is 4.19. The molecule has 0 aliphatic rings. The Morgan fingerprint density at radius 2 is 1.84 bits per heavy atom. The van der Waals surface area contributed by atoms with E-state index in [2.05, 4.69) is 20.6 Å². The Balaban J connectivity index is 1.41. The minimum absolute atomic E-state index is 0.167. The summed E-state index contributed by atoms with van der Waals surface area (Å²) in [4.78, 5) is 17.3. The quantitative estimate of drug-likeness (QED) is 0.510. The van der Waals surface area contributed by atoms with E-state index < -0.39 is 0 Å². The molecule has 0 aliphatic heterocycles. The van der Waals surface area contributed by atoms with Crippen molar-refractivity contribution in [3.8, 4) is 17.1 Å². The van der Waals surface area contributed by atoms with Crippen molar-refractivity contribution in [2.75, 3.05) is 6.54 Å². The zero-order valence-electron chi connectivity index (χ0n) is 17.9. The van der Waals surface area contributed by atoms with Gasteiger partial charge in [0.1, 0.15) is 0 Å². The molecule has 0 radical (unpaired) electrons. The van der Waals surface area contributed by atoms with Gasteiger partial charge in [0.2, 0.25) is 0 Å². The fraction of sp³-hybridized carbons (Fsp3) is 0.250. The van der Waals surface area contributed by atoms with Crippen molar-refractivity contribution in [2.45, 2.75) is 32.6 Å². The summed E-state index contributed by atoms with van der Waals surface area (Å²) in [5, 5.41) is 11.3. The molecular weight excluding hydrogens is 390 g/mol. The van der Waals surface area contributed by atoms with E-state index in [0.29, 0.717) is 29.4 Å². The fourth-order valence-corrected chi connectivity index (χ4v) is 3.16. The van der Waals surface area contributed by atoms with E-state index in [4.69, 9.17) is 4.52 Å². The highest BCUT2D eigenvalue weighted by atomic mass is 16.5. The maximum Gasteiger partial charge on any atom is 0.258 e. The van der Waals surface area contributed by atoms with Crippen molar-refractivity contribution in [3.63, 3.8) is 0 Å². The Morgan fingerprint density at radius 3 is 2.52 bits per heavy atom. The van der Waals surface area contributed by atoms with Crippen molar-refractivity contribution in [2.24, 2.45) is 0 Å². The molecule has 0 spiro atoms. The Hall–Kier alpha value is -3.74. The van der Waals surface area contributed by atoms with E-state index in [9.17, 15) is 4.79 Å². The SMILES string of the molecule is CC(C)(C)c1noc(-c2ccccc2C(=O)NCCc2ccc(-n3cccn3)cc2)n1.